The fourth-order valence-electron chi connectivity index (χ4n) is 1.30. The maximum atomic E-state index is 11.6. The molecule has 0 spiro atoms. The van der Waals surface area contributed by atoms with Crippen LogP contribution in [0.15, 0.2) is 18.2 Å². The predicted octanol–water partition coefficient (Wildman–Crippen LogP) is 3.44. The van der Waals surface area contributed by atoms with Gasteiger partial charge in [0.15, 0.2) is 9.84 Å². The molecule has 0 saturated carbocycles. The lowest BCUT2D eigenvalue weighted by Gasteiger charge is -2.12. The molecule has 6 heteroatoms. The Morgan fingerprint density at radius 1 is 1.39 bits per heavy atom. The predicted molar refractivity (Wildman–Crippen MR) is 78.5 cm³/mol. The summed E-state index contributed by atoms with van der Waals surface area (Å²) in [7, 11) is -3.06. The second kappa shape index (κ2) is 6.78. The van der Waals surface area contributed by atoms with Gasteiger partial charge in [-0.15, -0.1) is 0 Å². The van der Waals surface area contributed by atoms with E-state index in [1.165, 1.54) is 0 Å². The van der Waals surface area contributed by atoms with Gasteiger partial charge in [-0.3, -0.25) is 0 Å². The minimum atomic E-state index is -3.06. The van der Waals surface area contributed by atoms with E-state index in [1.807, 2.05) is 0 Å². The zero-order chi connectivity index (χ0) is 13.8. The summed E-state index contributed by atoms with van der Waals surface area (Å²) >= 11 is 9.21. The van der Waals surface area contributed by atoms with Gasteiger partial charge in [0.1, 0.15) is 12.4 Å². The first-order valence-electron chi connectivity index (χ1n) is 5.55. The van der Waals surface area contributed by atoms with Crippen molar-refractivity contribution in [3.63, 3.8) is 0 Å². The van der Waals surface area contributed by atoms with Gasteiger partial charge in [-0.25, -0.2) is 8.42 Å². The van der Waals surface area contributed by atoms with Gasteiger partial charge in [0.05, 0.1) is 11.0 Å². The van der Waals surface area contributed by atoms with E-state index in [2.05, 4.69) is 15.9 Å². The molecule has 0 radical (unpaired) electrons. The molecule has 102 valence electrons. The van der Waals surface area contributed by atoms with Gasteiger partial charge < -0.3 is 4.74 Å². The summed E-state index contributed by atoms with van der Waals surface area (Å²) in [6, 6.07) is 5.27. The van der Waals surface area contributed by atoms with Crippen LogP contribution in [0.25, 0.3) is 0 Å². The smallest absolute Gasteiger partial charge is 0.155 e. The summed E-state index contributed by atoms with van der Waals surface area (Å²) in [5.74, 6) is 0.685. The van der Waals surface area contributed by atoms with Crippen molar-refractivity contribution in [1.82, 2.24) is 0 Å². The molecule has 0 atom stereocenters. The number of sulfone groups is 1. The van der Waals surface area contributed by atoms with E-state index < -0.39 is 9.84 Å². The number of hydrogen-bond donors (Lipinski definition) is 0. The van der Waals surface area contributed by atoms with Gasteiger partial charge in [0.25, 0.3) is 0 Å². The molecular formula is C12H16BrClO3S. The molecule has 0 heterocycles. The number of hydrogen-bond acceptors (Lipinski definition) is 3. The molecule has 0 N–H and O–H groups in total. The van der Waals surface area contributed by atoms with Crippen molar-refractivity contribution in [2.24, 2.45) is 0 Å². The Labute approximate surface area is 122 Å². The third-order valence-corrected chi connectivity index (χ3v) is 5.52. The first-order valence-corrected chi connectivity index (χ1v) is 8.77. The highest BCUT2D eigenvalue weighted by Gasteiger charge is 2.16. The van der Waals surface area contributed by atoms with Crippen LogP contribution in [0.4, 0.5) is 0 Å². The zero-order valence-corrected chi connectivity index (χ0v) is 13.5. The molecular weight excluding hydrogens is 340 g/mol. The number of rotatable bonds is 6. The number of alkyl halides is 1. The molecule has 0 aliphatic rings. The Hall–Kier alpha value is -0.260. The Balaban J connectivity index is 2.65. The van der Waals surface area contributed by atoms with Crippen molar-refractivity contribution in [1.29, 1.82) is 0 Å². The van der Waals surface area contributed by atoms with Crippen LogP contribution >= 0.6 is 27.5 Å². The maximum Gasteiger partial charge on any atom is 0.155 e. The monoisotopic (exact) mass is 354 g/mol. The summed E-state index contributed by atoms with van der Waals surface area (Å²) < 4.78 is 28.7. The molecule has 0 saturated heterocycles. The van der Waals surface area contributed by atoms with Crippen molar-refractivity contribution in [3.05, 3.63) is 28.8 Å². The van der Waals surface area contributed by atoms with Crippen molar-refractivity contribution in [2.45, 2.75) is 24.4 Å². The van der Waals surface area contributed by atoms with Gasteiger partial charge in [-0.05, 0) is 32.0 Å². The molecule has 0 bridgehead atoms. The minimum absolute atomic E-state index is 0.0228. The van der Waals surface area contributed by atoms with E-state index in [4.69, 9.17) is 16.3 Å². The highest BCUT2D eigenvalue weighted by molar-refractivity contribution is 9.08. The molecule has 0 amide bonds. The third-order valence-electron chi connectivity index (χ3n) is 2.51. The number of ether oxygens (including phenoxy) is 1. The number of benzene rings is 1. The first kappa shape index (κ1) is 15.8. The van der Waals surface area contributed by atoms with Gasteiger partial charge in [-0.2, -0.15) is 0 Å². The van der Waals surface area contributed by atoms with Gasteiger partial charge >= 0.3 is 0 Å². The SMILES string of the molecule is CC(C)S(=O)(=O)CCOc1ccc(Cl)cc1CBr. The second-order valence-corrected chi connectivity index (χ2v) is 7.82. The lowest BCUT2D eigenvalue weighted by Crippen LogP contribution is -2.22. The molecule has 18 heavy (non-hydrogen) atoms. The van der Waals surface area contributed by atoms with Crippen molar-refractivity contribution in [3.8, 4) is 5.75 Å². The van der Waals surface area contributed by atoms with Crippen molar-refractivity contribution < 1.29 is 13.2 Å². The number of halogens is 2. The molecule has 0 unspecified atom stereocenters. The van der Waals surface area contributed by atoms with Crippen LogP contribution in [0.1, 0.15) is 19.4 Å². The molecule has 3 nitrogen and oxygen atoms in total. The molecule has 1 aromatic carbocycles. The van der Waals surface area contributed by atoms with Crippen molar-refractivity contribution >= 4 is 37.4 Å². The van der Waals surface area contributed by atoms with Crippen LogP contribution in [-0.2, 0) is 15.2 Å². The zero-order valence-electron chi connectivity index (χ0n) is 10.3. The maximum absolute atomic E-state index is 11.6. The third kappa shape index (κ3) is 4.44. The van der Waals surface area contributed by atoms with E-state index >= 15 is 0 Å². The Morgan fingerprint density at radius 3 is 2.61 bits per heavy atom. The summed E-state index contributed by atoms with van der Waals surface area (Å²) in [6.07, 6.45) is 0. The first-order chi connectivity index (χ1) is 8.36. The largest absolute Gasteiger partial charge is 0.492 e. The molecule has 0 aliphatic heterocycles. The molecule has 1 aromatic rings. The van der Waals surface area contributed by atoms with E-state index in [0.717, 1.165) is 5.56 Å². The van der Waals surface area contributed by atoms with E-state index in [1.54, 1.807) is 32.0 Å². The fourth-order valence-corrected chi connectivity index (χ4v) is 2.72. The topological polar surface area (TPSA) is 43.4 Å². The Morgan fingerprint density at radius 2 is 2.06 bits per heavy atom. The Bertz CT molecular complexity index is 500. The highest BCUT2D eigenvalue weighted by Crippen LogP contribution is 2.25. The average molecular weight is 356 g/mol. The van der Waals surface area contributed by atoms with Crippen LogP contribution < -0.4 is 4.74 Å². The Kier molecular flexibility index (Phi) is 5.95. The summed E-state index contributed by atoms with van der Waals surface area (Å²) in [4.78, 5) is 0. The van der Waals surface area contributed by atoms with Gasteiger partial charge in [0, 0.05) is 15.9 Å². The second-order valence-electron chi connectivity index (χ2n) is 4.15. The molecule has 1 rings (SSSR count). The standard InChI is InChI=1S/C12H16BrClO3S/c1-9(2)18(15,16)6-5-17-12-4-3-11(14)7-10(12)8-13/h3-4,7,9H,5-6,8H2,1-2H3. The lowest BCUT2D eigenvalue weighted by atomic mass is 10.2. The molecule has 0 fully saturated rings. The lowest BCUT2D eigenvalue weighted by molar-refractivity contribution is 0.338. The van der Waals surface area contributed by atoms with Crippen LogP contribution in [0.5, 0.6) is 5.75 Å². The molecule has 0 aromatic heterocycles. The fraction of sp³-hybridized carbons (Fsp3) is 0.500. The van der Waals surface area contributed by atoms with E-state index in [9.17, 15) is 8.42 Å². The van der Waals surface area contributed by atoms with Crippen molar-refractivity contribution in [2.75, 3.05) is 12.4 Å². The van der Waals surface area contributed by atoms with Crippen LogP contribution in [0.2, 0.25) is 5.02 Å². The summed E-state index contributed by atoms with van der Waals surface area (Å²) in [5, 5.41) is 0.869. The molecule has 0 aliphatic carbocycles. The average Bonchev–Trinajstić information content (AvgIpc) is 2.30. The van der Waals surface area contributed by atoms with Crippen LogP contribution in [0, 0.1) is 0 Å². The van der Waals surface area contributed by atoms with Crippen LogP contribution in [-0.4, -0.2) is 26.0 Å². The van der Waals surface area contributed by atoms with E-state index in [0.29, 0.717) is 16.1 Å². The van der Waals surface area contributed by atoms with Crippen LogP contribution in [0.3, 0.4) is 0 Å². The minimum Gasteiger partial charge on any atom is -0.492 e. The normalized spacial score (nSPS) is 11.8. The van der Waals surface area contributed by atoms with Gasteiger partial charge in [-0.1, -0.05) is 27.5 Å². The van der Waals surface area contributed by atoms with Gasteiger partial charge in [0.2, 0.25) is 0 Å². The summed E-state index contributed by atoms with van der Waals surface area (Å²) in [6.45, 7) is 3.49. The van der Waals surface area contributed by atoms with E-state index in [-0.39, 0.29) is 17.6 Å². The highest BCUT2D eigenvalue weighted by atomic mass is 79.9. The quantitative estimate of drug-likeness (QED) is 0.734. The summed E-state index contributed by atoms with van der Waals surface area (Å²) in [5.41, 5.74) is 0.907.